The fourth-order valence-corrected chi connectivity index (χ4v) is 1.14. The second kappa shape index (κ2) is 7.10. The molecule has 72 valence electrons. The van der Waals surface area contributed by atoms with E-state index in [4.69, 9.17) is 9.84 Å². The van der Waals surface area contributed by atoms with Crippen molar-refractivity contribution in [1.29, 1.82) is 0 Å². The predicted molar refractivity (Wildman–Crippen MR) is 46.7 cm³/mol. The Morgan fingerprint density at radius 2 is 2.08 bits per heavy atom. The molecule has 3 nitrogen and oxygen atoms in total. The molecule has 0 radical (unpaired) electrons. The van der Waals surface area contributed by atoms with Crippen molar-refractivity contribution in [3.63, 3.8) is 0 Å². The molecule has 0 aliphatic heterocycles. The molecule has 0 unspecified atom stereocenters. The van der Waals surface area contributed by atoms with Gasteiger partial charge >= 0.3 is 5.97 Å². The van der Waals surface area contributed by atoms with Crippen molar-refractivity contribution in [2.75, 3.05) is 13.2 Å². The van der Waals surface area contributed by atoms with E-state index in [0.717, 1.165) is 12.8 Å². The molecule has 1 atom stereocenters. The van der Waals surface area contributed by atoms with E-state index in [0.29, 0.717) is 13.0 Å². The van der Waals surface area contributed by atoms with Crippen LogP contribution < -0.4 is 0 Å². The molecule has 0 aliphatic rings. The van der Waals surface area contributed by atoms with Crippen LogP contribution in [0.25, 0.3) is 0 Å². The van der Waals surface area contributed by atoms with Crippen molar-refractivity contribution in [2.24, 2.45) is 5.92 Å². The first-order valence-corrected chi connectivity index (χ1v) is 4.53. The Morgan fingerprint density at radius 3 is 2.50 bits per heavy atom. The van der Waals surface area contributed by atoms with Crippen LogP contribution in [0, 0.1) is 5.92 Å². The third kappa shape index (κ3) is 4.34. The number of carbonyl (C=O) groups is 1. The highest BCUT2D eigenvalue weighted by Gasteiger charge is 2.17. The second-order valence-corrected chi connectivity index (χ2v) is 2.75. The topological polar surface area (TPSA) is 46.5 Å². The maximum Gasteiger partial charge on any atom is 0.309 e. The third-order valence-electron chi connectivity index (χ3n) is 1.73. The summed E-state index contributed by atoms with van der Waals surface area (Å²) < 4.78 is 4.86. The van der Waals surface area contributed by atoms with Gasteiger partial charge in [0, 0.05) is 6.61 Å². The Hall–Kier alpha value is -0.570. The molecular formula is C9H18O3. The zero-order valence-electron chi connectivity index (χ0n) is 7.88. The van der Waals surface area contributed by atoms with Crippen LogP contribution in [0.3, 0.4) is 0 Å². The minimum absolute atomic E-state index is 0.0590. The molecule has 0 bridgehead atoms. The summed E-state index contributed by atoms with van der Waals surface area (Å²) in [4.78, 5) is 11.2. The number of rotatable bonds is 6. The van der Waals surface area contributed by atoms with Crippen molar-refractivity contribution in [1.82, 2.24) is 0 Å². The van der Waals surface area contributed by atoms with E-state index >= 15 is 0 Å². The first-order valence-electron chi connectivity index (χ1n) is 4.53. The maximum atomic E-state index is 11.2. The molecule has 0 amide bonds. The molecule has 3 heteroatoms. The van der Waals surface area contributed by atoms with E-state index in [1.807, 2.05) is 6.92 Å². The van der Waals surface area contributed by atoms with Crippen molar-refractivity contribution in [3.05, 3.63) is 0 Å². The summed E-state index contributed by atoms with van der Waals surface area (Å²) >= 11 is 0. The van der Waals surface area contributed by atoms with Crippen LogP contribution in [0.1, 0.15) is 33.1 Å². The van der Waals surface area contributed by atoms with E-state index in [1.165, 1.54) is 0 Å². The molecule has 0 saturated carbocycles. The van der Waals surface area contributed by atoms with Crippen molar-refractivity contribution in [2.45, 2.75) is 33.1 Å². The first kappa shape index (κ1) is 11.4. The lowest BCUT2D eigenvalue weighted by Gasteiger charge is -2.12. The van der Waals surface area contributed by atoms with E-state index in [1.54, 1.807) is 6.92 Å². The Morgan fingerprint density at radius 1 is 1.42 bits per heavy atom. The van der Waals surface area contributed by atoms with Crippen LogP contribution in [-0.4, -0.2) is 24.3 Å². The Labute approximate surface area is 73.7 Å². The van der Waals surface area contributed by atoms with Gasteiger partial charge in [0.1, 0.15) is 0 Å². The molecule has 0 aromatic rings. The van der Waals surface area contributed by atoms with Gasteiger partial charge in [0.05, 0.1) is 12.5 Å². The number of aliphatic hydroxyl groups excluding tert-OH is 1. The monoisotopic (exact) mass is 174 g/mol. The Bertz CT molecular complexity index is 117. The average Bonchev–Trinajstić information content (AvgIpc) is 2.04. The second-order valence-electron chi connectivity index (χ2n) is 2.75. The van der Waals surface area contributed by atoms with Crippen molar-refractivity contribution >= 4 is 5.97 Å². The van der Waals surface area contributed by atoms with Crippen molar-refractivity contribution < 1.29 is 14.6 Å². The van der Waals surface area contributed by atoms with Crippen LogP contribution in [-0.2, 0) is 9.53 Å². The summed E-state index contributed by atoms with van der Waals surface area (Å²) in [5.74, 6) is -0.284. The highest BCUT2D eigenvalue weighted by Crippen LogP contribution is 2.12. The normalized spacial score (nSPS) is 12.6. The van der Waals surface area contributed by atoms with E-state index < -0.39 is 0 Å². The van der Waals surface area contributed by atoms with Gasteiger partial charge in [-0.05, 0) is 19.8 Å². The summed E-state index contributed by atoms with van der Waals surface area (Å²) in [6.45, 7) is 4.29. The molecule has 0 rings (SSSR count). The third-order valence-corrected chi connectivity index (χ3v) is 1.73. The molecule has 0 saturated heterocycles. The minimum atomic E-state index is -0.173. The van der Waals surface area contributed by atoms with E-state index in [9.17, 15) is 4.79 Å². The average molecular weight is 174 g/mol. The number of hydrogen-bond acceptors (Lipinski definition) is 3. The van der Waals surface area contributed by atoms with Gasteiger partial charge in [-0.1, -0.05) is 13.3 Å². The van der Waals surface area contributed by atoms with Gasteiger partial charge in [-0.2, -0.15) is 0 Å². The van der Waals surface area contributed by atoms with Crippen LogP contribution >= 0.6 is 0 Å². The van der Waals surface area contributed by atoms with Gasteiger partial charge in [0.2, 0.25) is 0 Å². The standard InChI is InChI=1S/C9H18O3/c1-3-5-8(6-7-10)9(11)12-4-2/h8,10H,3-7H2,1-2H3/t8-/m1/s1. The lowest BCUT2D eigenvalue weighted by atomic mass is 10.0. The molecule has 0 aliphatic carbocycles. The number of hydrogen-bond donors (Lipinski definition) is 1. The molecular weight excluding hydrogens is 156 g/mol. The summed E-state index contributed by atoms with van der Waals surface area (Å²) in [5.41, 5.74) is 0. The molecule has 1 N–H and O–H groups in total. The smallest absolute Gasteiger partial charge is 0.309 e. The first-order chi connectivity index (χ1) is 5.76. The van der Waals surface area contributed by atoms with Gasteiger partial charge in [0.15, 0.2) is 0 Å². The van der Waals surface area contributed by atoms with E-state index in [2.05, 4.69) is 0 Å². The lowest BCUT2D eigenvalue weighted by molar-refractivity contribution is -0.148. The van der Waals surface area contributed by atoms with Crippen molar-refractivity contribution in [3.8, 4) is 0 Å². The molecule has 12 heavy (non-hydrogen) atoms. The number of esters is 1. The maximum absolute atomic E-state index is 11.2. The molecule has 0 aromatic heterocycles. The largest absolute Gasteiger partial charge is 0.466 e. The molecule has 0 spiro atoms. The molecule has 0 aromatic carbocycles. The molecule has 0 fully saturated rings. The Balaban J connectivity index is 3.81. The van der Waals surface area contributed by atoms with Crippen LogP contribution in [0.4, 0.5) is 0 Å². The summed E-state index contributed by atoms with van der Waals surface area (Å²) in [6, 6.07) is 0. The highest BCUT2D eigenvalue weighted by molar-refractivity contribution is 5.72. The van der Waals surface area contributed by atoms with Gasteiger partial charge in [-0.15, -0.1) is 0 Å². The highest BCUT2D eigenvalue weighted by atomic mass is 16.5. The minimum Gasteiger partial charge on any atom is -0.466 e. The Kier molecular flexibility index (Phi) is 6.76. The summed E-state index contributed by atoms with van der Waals surface area (Å²) in [5, 5.41) is 8.67. The lowest BCUT2D eigenvalue weighted by Crippen LogP contribution is -2.18. The van der Waals surface area contributed by atoms with Crippen LogP contribution in [0.5, 0.6) is 0 Å². The van der Waals surface area contributed by atoms with Gasteiger partial charge < -0.3 is 9.84 Å². The zero-order chi connectivity index (χ0) is 9.40. The number of aliphatic hydroxyl groups is 1. The predicted octanol–water partition coefficient (Wildman–Crippen LogP) is 1.35. The SMILES string of the molecule is CCC[C@H](CCO)C(=O)OCC. The fraction of sp³-hybridized carbons (Fsp3) is 0.889. The number of carbonyl (C=O) groups excluding carboxylic acids is 1. The molecule has 0 heterocycles. The number of ether oxygens (including phenoxy) is 1. The van der Waals surface area contributed by atoms with Crippen LogP contribution in [0.15, 0.2) is 0 Å². The zero-order valence-corrected chi connectivity index (χ0v) is 7.88. The fourth-order valence-electron chi connectivity index (χ4n) is 1.14. The van der Waals surface area contributed by atoms with Gasteiger partial charge in [0.25, 0.3) is 0 Å². The van der Waals surface area contributed by atoms with Crippen LogP contribution in [0.2, 0.25) is 0 Å². The quantitative estimate of drug-likeness (QED) is 0.618. The van der Waals surface area contributed by atoms with E-state index in [-0.39, 0.29) is 18.5 Å². The van der Waals surface area contributed by atoms with Gasteiger partial charge in [-0.25, -0.2) is 0 Å². The summed E-state index contributed by atoms with van der Waals surface area (Å²) in [7, 11) is 0. The van der Waals surface area contributed by atoms with Gasteiger partial charge in [-0.3, -0.25) is 4.79 Å². The summed E-state index contributed by atoms with van der Waals surface area (Å²) in [6.07, 6.45) is 2.27.